The first-order valence-electron chi connectivity index (χ1n) is 8.06. The van der Waals surface area contributed by atoms with E-state index in [0.717, 1.165) is 11.4 Å². The number of hydrogen-bond acceptors (Lipinski definition) is 8. The van der Waals surface area contributed by atoms with E-state index in [4.69, 9.17) is 13.9 Å². The van der Waals surface area contributed by atoms with Gasteiger partial charge < -0.3 is 19.2 Å². The first kappa shape index (κ1) is 16.6. The summed E-state index contributed by atoms with van der Waals surface area (Å²) < 4.78 is 16.3. The highest BCUT2D eigenvalue weighted by Gasteiger charge is 2.11. The van der Waals surface area contributed by atoms with Gasteiger partial charge in [-0.1, -0.05) is 17.2 Å². The average Bonchev–Trinajstić information content (AvgIpc) is 3.16. The Morgan fingerprint density at radius 3 is 2.63 bits per heavy atom. The van der Waals surface area contributed by atoms with Crippen LogP contribution >= 0.6 is 0 Å². The molecule has 9 heteroatoms. The SMILES string of the molecule is COc1ccc(Nc2nnc(COc3n[nH]c(=O)c4ccccc34)o2)cc1. The Morgan fingerprint density at radius 1 is 1.07 bits per heavy atom. The quantitative estimate of drug-likeness (QED) is 0.536. The monoisotopic (exact) mass is 365 g/mol. The second-order valence-corrected chi connectivity index (χ2v) is 5.55. The van der Waals surface area contributed by atoms with E-state index in [1.165, 1.54) is 0 Å². The van der Waals surface area contributed by atoms with Crippen molar-refractivity contribution in [2.45, 2.75) is 6.61 Å². The molecular formula is C18H15N5O4. The molecule has 2 heterocycles. The number of fused-ring (bicyclic) bond motifs is 1. The molecule has 0 saturated heterocycles. The first-order chi connectivity index (χ1) is 13.2. The molecule has 136 valence electrons. The number of H-pyrrole nitrogens is 1. The van der Waals surface area contributed by atoms with Gasteiger partial charge in [0.25, 0.3) is 11.4 Å². The Hall–Kier alpha value is -3.88. The maximum Gasteiger partial charge on any atom is 0.320 e. The summed E-state index contributed by atoms with van der Waals surface area (Å²) in [5.74, 6) is 1.30. The van der Waals surface area contributed by atoms with Gasteiger partial charge in [0.15, 0.2) is 6.61 Å². The van der Waals surface area contributed by atoms with Gasteiger partial charge in [0, 0.05) is 5.69 Å². The number of methoxy groups -OCH3 is 1. The lowest BCUT2D eigenvalue weighted by Crippen LogP contribution is -2.10. The van der Waals surface area contributed by atoms with Gasteiger partial charge in [0.1, 0.15) is 5.75 Å². The molecular weight excluding hydrogens is 350 g/mol. The predicted molar refractivity (Wildman–Crippen MR) is 97.3 cm³/mol. The van der Waals surface area contributed by atoms with E-state index in [2.05, 4.69) is 25.7 Å². The number of hydrogen-bond donors (Lipinski definition) is 2. The summed E-state index contributed by atoms with van der Waals surface area (Å²) in [5.41, 5.74) is 0.502. The summed E-state index contributed by atoms with van der Waals surface area (Å²) in [6.07, 6.45) is 0. The lowest BCUT2D eigenvalue weighted by molar-refractivity contribution is 0.256. The van der Waals surface area contributed by atoms with Crippen molar-refractivity contribution >= 4 is 22.5 Å². The van der Waals surface area contributed by atoms with Gasteiger partial charge >= 0.3 is 6.01 Å². The maximum atomic E-state index is 11.8. The van der Waals surface area contributed by atoms with E-state index in [-0.39, 0.29) is 30.0 Å². The van der Waals surface area contributed by atoms with E-state index >= 15 is 0 Å². The zero-order chi connectivity index (χ0) is 18.6. The van der Waals surface area contributed by atoms with Crippen LogP contribution in [0.25, 0.3) is 10.8 Å². The molecule has 2 aromatic heterocycles. The molecule has 27 heavy (non-hydrogen) atoms. The number of aromatic nitrogens is 4. The van der Waals surface area contributed by atoms with Crippen molar-refractivity contribution < 1.29 is 13.9 Å². The van der Waals surface area contributed by atoms with Gasteiger partial charge in [0.05, 0.1) is 17.9 Å². The molecule has 4 rings (SSSR count). The summed E-state index contributed by atoms with van der Waals surface area (Å²) in [5, 5.41) is 18.3. The van der Waals surface area contributed by atoms with Gasteiger partial charge in [-0.25, -0.2) is 5.10 Å². The minimum atomic E-state index is -0.276. The van der Waals surface area contributed by atoms with Crippen LogP contribution in [0.1, 0.15) is 5.89 Å². The smallest absolute Gasteiger partial charge is 0.320 e. The molecule has 0 saturated carbocycles. The van der Waals surface area contributed by atoms with Gasteiger partial charge in [-0.3, -0.25) is 4.79 Å². The van der Waals surface area contributed by atoms with Crippen molar-refractivity contribution in [3.05, 3.63) is 64.8 Å². The highest BCUT2D eigenvalue weighted by molar-refractivity contribution is 5.85. The summed E-state index contributed by atoms with van der Waals surface area (Å²) in [7, 11) is 1.60. The molecule has 0 unspecified atom stereocenters. The van der Waals surface area contributed by atoms with Crippen molar-refractivity contribution in [3.8, 4) is 11.6 Å². The molecule has 0 radical (unpaired) electrons. The van der Waals surface area contributed by atoms with E-state index in [0.29, 0.717) is 10.8 Å². The summed E-state index contributed by atoms with van der Waals surface area (Å²) in [4.78, 5) is 11.8. The fourth-order valence-electron chi connectivity index (χ4n) is 2.49. The predicted octanol–water partition coefficient (Wildman–Crippen LogP) is 2.64. The number of anilines is 2. The molecule has 0 aliphatic heterocycles. The van der Waals surface area contributed by atoms with Crippen LogP contribution in [0.4, 0.5) is 11.7 Å². The number of nitrogens with one attached hydrogen (secondary N) is 2. The van der Waals surface area contributed by atoms with Crippen LogP contribution in [0.5, 0.6) is 11.6 Å². The third-order valence-electron chi connectivity index (χ3n) is 3.80. The lowest BCUT2D eigenvalue weighted by atomic mass is 10.2. The summed E-state index contributed by atoms with van der Waals surface area (Å²) >= 11 is 0. The zero-order valence-corrected chi connectivity index (χ0v) is 14.3. The number of rotatable bonds is 6. The number of nitrogens with zero attached hydrogens (tertiary/aromatic N) is 3. The van der Waals surface area contributed by atoms with Crippen LogP contribution < -0.4 is 20.3 Å². The van der Waals surface area contributed by atoms with E-state index < -0.39 is 0 Å². The van der Waals surface area contributed by atoms with Crippen LogP contribution in [-0.4, -0.2) is 27.5 Å². The van der Waals surface area contributed by atoms with Crippen LogP contribution in [0.15, 0.2) is 57.7 Å². The van der Waals surface area contributed by atoms with Crippen molar-refractivity contribution in [1.29, 1.82) is 0 Å². The van der Waals surface area contributed by atoms with Crippen LogP contribution in [0.3, 0.4) is 0 Å². The Morgan fingerprint density at radius 2 is 1.85 bits per heavy atom. The Bertz CT molecular complexity index is 1120. The van der Waals surface area contributed by atoms with Gasteiger partial charge in [-0.05, 0) is 36.4 Å². The number of ether oxygens (including phenoxy) is 2. The third-order valence-corrected chi connectivity index (χ3v) is 3.80. The summed E-state index contributed by atoms with van der Waals surface area (Å²) in [6, 6.07) is 14.6. The minimum absolute atomic E-state index is 0.0142. The van der Waals surface area contributed by atoms with Gasteiger partial charge in [0.2, 0.25) is 5.88 Å². The standard InChI is InChI=1S/C18H15N5O4/c1-25-12-8-6-11(7-9-12)19-18-23-20-15(27-18)10-26-17-14-5-3-2-4-13(14)16(24)21-22-17/h2-9H,10H2,1H3,(H,19,23)(H,21,24). The second kappa shape index (κ2) is 7.16. The molecule has 2 aromatic carbocycles. The average molecular weight is 365 g/mol. The fourth-order valence-corrected chi connectivity index (χ4v) is 2.49. The number of aromatic amines is 1. The Labute approximate surface area is 153 Å². The van der Waals surface area contributed by atoms with Crippen molar-refractivity contribution in [1.82, 2.24) is 20.4 Å². The van der Waals surface area contributed by atoms with Crippen LogP contribution in [0, 0.1) is 0 Å². The molecule has 0 bridgehead atoms. The molecule has 0 spiro atoms. The molecule has 9 nitrogen and oxygen atoms in total. The molecule has 0 aliphatic rings. The highest BCUT2D eigenvalue weighted by atomic mass is 16.5. The molecule has 0 amide bonds. The topological polar surface area (TPSA) is 115 Å². The lowest BCUT2D eigenvalue weighted by Gasteiger charge is -2.05. The maximum absolute atomic E-state index is 11.8. The largest absolute Gasteiger partial charge is 0.497 e. The Balaban J connectivity index is 1.45. The van der Waals surface area contributed by atoms with E-state index in [1.54, 1.807) is 31.4 Å². The summed E-state index contributed by atoms with van der Waals surface area (Å²) in [6.45, 7) is 0.0142. The zero-order valence-electron chi connectivity index (χ0n) is 14.3. The van der Waals surface area contributed by atoms with Crippen LogP contribution in [0.2, 0.25) is 0 Å². The van der Waals surface area contributed by atoms with Crippen molar-refractivity contribution in [2.75, 3.05) is 12.4 Å². The minimum Gasteiger partial charge on any atom is -0.497 e. The number of benzene rings is 2. The molecule has 0 fully saturated rings. The van der Waals surface area contributed by atoms with Crippen LogP contribution in [-0.2, 0) is 6.61 Å². The molecule has 0 atom stereocenters. The van der Waals surface area contributed by atoms with E-state index in [9.17, 15) is 4.79 Å². The molecule has 2 N–H and O–H groups in total. The Kier molecular flexibility index (Phi) is 4.40. The van der Waals surface area contributed by atoms with Crippen molar-refractivity contribution in [2.24, 2.45) is 0 Å². The normalized spacial score (nSPS) is 10.7. The van der Waals surface area contributed by atoms with Gasteiger partial charge in [-0.2, -0.15) is 0 Å². The molecule has 0 aliphatic carbocycles. The first-order valence-corrected chi connectivity index (χ1v) is 8.06. The van der Waals surface area contributed by atoms with Crippen molar-refractivity contribution in [3.63, 3.8) is 0 Å². The molecule has 4 aromatic rings. The highest BCUT2D eigenvalue weighted by Crippen LogP contribution is 2.21. The second-order valence-electron chi connectivity index (χ2n) is 5.55. The van der Waals surface area contributed by atoms with E-state index in [1.807, 2.05) is 24.3 Å². The third kappa shape index (κ3) is 3.56. The fraction of sp³-hybridized carbons (Fsp3) is 0.111. The van der Waals surface area contributed by atoms with Gasteiger partial charge in [-0.15, -0.1) is 10.2 Å².